The molecule has 0 amide bonds. The van der Waals surface area contributed by atoms with Crippen molar-refractivity contribution in [1.82, 2.24) is 9.97 Å². The Bertz CT molecular complexity index is 499. The zero-order valence-corrected chi connectivity index (χ0v) is 9.59. The number of halogens is 1. The Morgan fingerprint density at radius 1 is 1.61 bits per heavy atom. The van der Waals surface area contributed by atoms with Crippen LogP contribution in [0.25, 0.3) is 0 Å². The van der Waals surface area contributed by atoms with Crippen molar-refractivity contribution in [3.8, 4) is 6.07 Å². The summed E-state index contributed by atoms with van der Waals surface area (Å²) in [6.07, 6.45) is 1.39. The largest absolute Gasteiger partial charge is 0.465 e. The van der Waals surface area contributed by atoms with E-state index in [1.54, 1.807) is 13.0 Å². The topological polar surface area (TPSA) is 92.9 Å². The average molecular weight is 251 g/mol. The van der Waals surface area contributed by atoms with Crippen molar-refractivity contribution in [2.45, 2.75) is 13.3 Å². The summed E-state index contributed by atoms with van der Waals surface area (Å²) in [6.45, 7) is 1.69. The molecular weight excluding hydrogens is 241 g/mol. The fourth-order valence-corrected chi connectivity index (χ4v) is 1.22. The maximum atomic E-state index is 13.2. The van der Waals surface area contributed by atoms with Gasteiger partial charge in [-0.2, -0.15) is 5.26 Å². The number of rotatable bonds is 5. The lowest BCUT2D eigenvalue weighted by Gasteiger charge is -2.07. The van der Waals surface area contributed by atoms with Crippen LogP contribution in [0.2, 0.25) is 0 Å². The zero-order valence-electron chi connectivity index (χ0n) is 9.59. The summed E-state index contributed by atoms with van der Waals surface area (Å²) in [4.78, 5) is 29.8. The van der Waals surface area contributed by atoms with Gasteiger partial charge in [0.25, 0.3) is 0 Å². The Morgan fingerprint density at radius 2 is 2.33 bits per heavy atom. The predicted molar refractivity (Wildman–Crippen MR) is 56.7 cm³/mol. The number of hydrogen-bond acceptors (Lipinski definition) is 6. The Kier molecular flexibility index (Phi) is 4.87. The van der Waals surface area contributed by atoms with E-state index in [9.17, 15) is 14.0 Å². The quantitative estimate of drug-likeness (QED) is 0.570. The van der Waals surface area contributed by atoms with Crippen LogP contribution in [0.4, 0.5) is 4.39 Å². The number of hydrogen-bond donors (Lipinski definition) is 0. The van der Waals surface area contributed by atoms with E-state index in [2.05, 4.69) is 14.7 Å². The fourth-order valence-electron chi connectivity index (χ4n) is 1.22. The molecule has 0 spiro atoms. The lowest BCUT2D eigenvalue weighted by Crippen LogP contribution is -2.20. The van der Waals surface area contributed by atoms with E-state index in [0.29, 0.717) is 0 Å². The van der Waals surface area contributed by atoms with Gasteiger partial charge in [-0.25, -0.2) is 14.4 Å². The minimum Gasteiger partial charge on any atom is -0.465 e. The second-order valence-corrected chi connectivity index (χ2v) is 3.28. The summed E-state index contributed by atoms with van der Waals surface area (Å²) in [7, 11) is 0. The average Bonchev–Trinajstić information content (AvgIpc) is 2.36. The number of esters is 1. The van der Waals surface area contributed by atoms with Crippen molar-refractivity contribution in [2.24, 2.45) is 5.92 Å². The highest BCUT2D eigenvalue weighted by molar-refractivity contribution is 5.97. The normalized spacial score (nSPS) is 11.4. The summed E-state index contributed by atoms with van der Waals surface area (Å²) < 4.78 is 17.8. The molecule has 0 radical (unpaired) electrons. The molecule has 0 saturated carbocycles. The number of carbonyl (C=O) groups is 2. The highest BCUT2D eigenvalue weighted by atomic mass is 19.1. The van der Waals surface area contributed by atoms with E-state index in [1.165, 1.54) is 0 Å². The van der Waals surface area contributed by atoms with Crippen LogP contribution < -0.4 is 0 Å². The molecule has 0 aliphatic heterocycles. The first-order valence-electron chi connectivity index (χ1n) is 5.15. The molecule has 1 unspecified atom stereocenters. The molecule has 0 N–H and O–H groups in total. The van der Waals surface area contributed by atoms with Gasteiger partial charge in [0.2, 0.25) is 0 Å². The van der Waals surface area contributed by atoms with Crippen LogP contribution in [-0.4, -0.2) is 28.3 Å². The Morgan fingerprint density at radius 3 is 2.89 bits per heavy atom. The lowest BCUT2D eigenvalue weighted by atomic mass is 10.0. The molecule has 0 aliphatic rings. The van der Waals surface area contributed by atoms with Gasteiger partial charge in [0.05, 0.1) is 18.9 Å². The number of aromatic nitrogens is 2. The van der Waals surface area contributed by atoms with E-state index in [-0.39, 0.29) is 6.61 Å². The van der Waals surface area contributed by atoms with Gasteiger partial charge in [-0.1, -0.05) is 0 Å². The van der Waals surface area contributed by atoms with Crippen molar-refractivity contribution in [3.05, 3.63) is 24.0 Å². The van der Waals surface area contributed by atoms with Gasteiger partial charge in [0, 0.05) is 6.42 Å². The molecule has 94 valence electrons. The number of nitriles is 1. The second kappa shape index (κ2) is 6.39. The van der Waals surface area contributed by atoms with Crippen LogP contribution in [0.5, 0.6) is 0 Å². The number of Topliss-reactive ketones (excluding diaryl/α,β-unsaturated/α-hetero) is 1. The van der Waals surface area contributed by atoms with Gasteiger partial charge < -0.3 is 4.74 Å². The maximum absolute atomic E-state index is 13.2. The summed E-state index contributed by atoms with van der Waals surface area (Å²) in [5.41, 5.74) is -0.436. The number of carbonyl (C=O) groups excluding carboxylic acids is 2. The molecule has 1 aromatic heterocycles. The second-order valence-electron chi connectivity index (χ2n) is 3.28. The molecule has 0 aliphatic carbocycles. The van der Waals surface area contributed by atoms with E-state index in [0.717, 1.165) is 12.5 Å². The molecule has 6 nitrogen and oxygen atoms in total. The summed E-state index contributed by atoms with van der Waals surface area (Å²) in [6, 6.07) is 1.65. The van der Waals surface area contributed by atoms with Crippen molar-refractivity contribution >= 4 is 11.8 Å². The van der Waals surface area contributed by atoms with Crippen LogP contribution >= 0.6 is 0 Å². The molecule has 1 aromatic rings. The standard InChI is InChI=1S/C11H10FN3O3/c1-2-18-11(17)7(4-13)3-9(16)10-8(12)5-14-6-15-10/h5-7H,2-3H2,1H3. The van der Waals surface area contributed by atoms with Crippen molar-refractivity contribution in [2.75, 3.05) is 6.61 Å². The minimum atomic E-state index is -1.26. The first-order valence-corrected chi connectivity index (χ1v) is 5.15. The minimum absolute atomic E-state index is 0.104. The third-order valence-corrected chi connectivity index (χ3v) is 2.05. The molecule has 0 aromatic carbocycles. The first-order chi connectivity index (χ1) is 8.60. The summed E-state index contributed by atoms with van der Waals surface area (Å²) in [5.74, 6) is -3.69. The third kappa shape index (κ3) is 3.31. The summed E-state index contributed by atoms with van der Waals surface area (Å²) in [5, 5.41) is 8.76. The van der Waals surface area contributed by atoms with Crippen molar-refractivity contribution < 1.29 is 18.7 Å². The lowest BCUT2D eigenvalue weighted by molar-refractivity contribution is -0.145. The maximum Gasteiger partial charge on any atom is 0.323 e. The van der Waals surface area contributed by atoms with Gasteiger partial charge in [0.15, 0.2) is 17.5 Å². The van der Waals surface area contributed by atoms with Crippen LogP contribution in [0, 0.1) is 23.1 Å². The van der Waals surface area contributed by atoms with Crippen LogP contribution in [0.3, 0.4) is 0 Å². The highest BCUT2D eigenvalue weighted by Crippen LogP contribution is 2.11. The summed E-state index contributed by atoms with van der Waals surface area (Å²) >= 11 is 0. The van der Waals surface area contributed by atoms with Crippen LogP contribution in [0.1, 0.15) is 23.8 Å². The molecular formula is C11H10FN3O3. The smallest absolute Gasteiger partial charge is 0.323 e. The van der Waals surface area contributed by atoms with E-state index >= 15 is 0 Å². The highest BCUT2D eigenvalue weighted by Gasteiger charge is 2.25. The first kappa shape index (κ1) is 13.7. The molecule has 0 bridgehead atoms. The molecule has 0 fully saturated rings. The SMILES string of the molecule is CCOC(=O)C(C#N)CC(=O)c1ncncc1F. The monoisotopic (exact) mass is 251 g/mol. The predicted octanol–water partition coefficient (Wildman–Crippen LogP) is 0.891. The fraction of sp³-hybridized carbons (Fsp3) is 0.364. The molecule has 18 heavy (non-hydrogen) atoms. The van der Waals surface area contributed by atoms with E-state index in [4.69, 9.17) is 5.26 Å². The van der Waals surface area contributed by atoms with Gasteiger partial charge in [-0.3, -0.25) is 9.59 Å². The van der Waals surface area contributed by atoms with Crippen molar-refractivity contribution in [3.63, 3.8) is 0 Å². The molecule has 1 atom stereocenters. The van der Waals surface area contributed by atoms with Gasteiger partial charge in [-0.15, -0.1) is 0 Å². The number of nitrogens with zero attached hydrogens (tertiary/aromatic N) is 3. The molecule has 1 heterocycles. The van der Waals surface area contributed by atoms with E-state index < -0.39 is 35.6 Å². The third-order valence-electron chi connectivity index (χ3n) is 2.05. The van der Waals surface area contributed by atoms with Gasteiger partial charge >= 0.3 is 5.97 Å². The van der Waals surface area contributed by atoms with E-state index in [1.807, 2.05) is 0 Å². The number of ketones is 1. The van der Waals surface area contributed by atoms with Crippen LogP contribution in [0.15, 0.2) is 12.5 Å². The Hall–Kier alpha value is -2.36. The molecule has 1 rings (SSSR count). The van der Waals surface area contributed by atoms with Crippen LogP contribution in [-0.2, 0) is 9.53 Å². The molecule has 7 heteroatoms. The van der Waals surface area contributed by atoms with Gasteiger partial charge in [-0.05, 0) is 6.92 Å². The van der Waals surface area contributed by atoms with Gasteiger partial charge in [0.1, 0.15) is 12.0 Å². The Balaban J connectivity index is 2.78. The van der Waals surface area contributed by atoms with Crippen molar-refractivity contribution in [1.29, 1.82) is 5.26 Å². The molecule has 0 saturated heterocycles. The number of ether oxygens (including phenoxy) is 1. The zero-order chi connectivity index (χ0) is 13.5. The Labute approximate surface area is 102 Å².